The lowest BCUT2D eigenvalue weighted by atomic mass is 10.0. The summed E-state index contributed by atoms with van der Waals surface area (Å²) in [4.78, 5) is 25.6. The summed E-state index contributed by atoms with van der Waals surface area (Å²) in [5.74, 6) is -0.209. The molecule has 9 heteroatoms. The summed E-state index contributed by atoms with van der Waals surface area (Å²) in [6.45, 7) is 4.55. The highest BCUT2D eigenvalue weighted by Crippen LogP contribution is 2.38. The van der Waals surface area contributed by atoms with Crippen molar-refractivity contribution in [3.05, 3.63) is 97.2 Å². The monoisotopic (exact) mass is 1150 g/mol. The Bertz CT molecular complexity index is 1640. The van der Waals surface area contributed by atoms with Gasteiger partial charge in [0.2, 0.25) is 5.91 Å². The summed E-state index contributed by atoms with van der Waals surface area (Å²) >= 11 is 0. The number of rotatable bonds is 62. The van der Waals surface area contributed by atoms with E-state index in [9.17, 15) is 19.4 Å². The fourth-order valence-electron chi connectivity index (χ4n) is 9.78. The second-order valence-corrected chi connectivity index (χ2v) is 25.6. The molecule has 0 saturated carbocycles. The fraction of sp³-hybridized carbons (Fsp3) is 0.764. The van der Waals surface area contributed by atoms with E-state index in [1.54, 1.807) is 6.08 Å². The maximum absolute atomic E-state index is 13.0. The molecule has 0 aliphatic heterocycles. The lowest BCUT2D eigenvalue weighted by Gasteiger charge is -2.29. The lowest BCUT2D eigenvalue weighted by molar-refractivity contribution is -0.870. The van der Waals surface area contributed by atoms with Crippen LogP contribution in [0.1, 0.15) is 303 Å². The molecule has 0 heterocycles. The first-order valence-corrected chi connectivity index (χ1v) is 35.6. The number of hydrogen-bond donors (Lipinski definition) is 2. The Morgan fingerprint density at radius 2 is 0.753 bits per heavy atom. The molecule has 0 aromatic carbocycles. The number of phosphoric ester groups is 1. The normalized spacial score (nSPS) is 14.3. The van der Waals surface area contributed by atoms with Gasteiger partial charge in [-0.1, -0.05) is 317 Å². The largest absolute Gasteiger partial charge is 0.756 e. The summed E-state index contributed by atoms with van der Waals surface area (Å²) in [6.07, 6.45) is 89.4. The van der Waals surface area contributed by atoms with Crippen molar-refractivity contribution in [2.24, 2.45) is 0 Å². The fourth-order valence-corrected chi connectivity index (χ4v) is 10.5. The summed E-state index contributed by atoms with van der Waals surface area (Å²) in [5.41, 5.74) is 0. The maximum Gasteiger partial charge on any atom is 0.268 e. The molecular weight excluding hydrogens is 1020 g/mol. The molecule has 3 unspecified atom stereocenters. The summed E-state index contributed by atoms with van der Waals surface area (Å²) in [6, 6.07) is -0.902. The van der Waals surface area contributed by atoms with Gasteiger partial charge in [0.1, 0.15) is 13.2 Å². The molecule has 0 aliphatic carbocycles. The second-order valence-electron chi connectivity index (χ2n) is 24.2. The molecule has 0 aromatic rings. The van der Waals surface area contributed by atoms with Crippen LogP contribution in [-0.4, -0.2) is 68.5 Å². The van der Waals surface area contributed by atoms with Crippen molar-refractivity contribution in [2.75, 3.05) is 40.9 Å². The van der Waals surface area contributed by atoms with Crippen molar-refractivity contribution >= 4 is 13.7 Å². The number of allylic oxidation sites excluding steroid dienone is 15. The first-order valence-electron chi connectivity index (χ1n) is 34.1. The Hall–Kier alpha value is -2.58. The zero-order valence-corrected chi connectivity index (χ0v) is 54.6. The molecule has 470 valence electrons. The highest BCUT2D eigenvalue weighted by Gasteiger charge is 2.23. The molecule has 0 rings (SSSR count). The minimum absolute atomic E-state index is 0.00773. The molecule has 0 saturated heterocycles. The number of likely N-dealkylation sites (N-methyl/N-ethyl adjacent to an activating group) is 1. The number of quaternary nitrogens is 1. The van der Waals surface area contributed by atoms with Gasteiger partial charge in [-0.15, -0.1) is 0 Å². The molecular formula is C72H131N2O6P. The molecule has 0 radical (unpaired) electrons. The number of aliphatic hydroxyl groups is 1. The van der Waals surface area contributed by atoms with Crippen LogP contribution in [0.4, 0.5) is 0 Å². The maximum atomic E-state index is 13.0. The molecule has 0 aromatic heterocycles. The van der Waals surface area contributed by atoms with Crippen molar-refractivity contribution in [2.45, 2.75) is 315 Å². The number of nitrogens with one attached hydrogen (secondary N) is 1. The highest BCUT2D eigenvalue weighted by molar-refractivity contribution is 7.45. The molecule has 81 heavy (non-hydrogen) atoms. The van der Waals surface area contributed by atoms with Crippen LogP contribution in [0.25, 0.3) is 0 Å². The van der Waals surface area contributed by atoms with Crippen LogP contribution in [0.2, 0.25) is 0 Å². The van der Waals surface area contributed by atoms with Gasteiger partial charge in [0.15, 0.2) is 0 Å². The van der Waals surface area contributed by atoms with Crippen LogP contribution in [0, 0.1) is 0 Å². The van der Waals surface area contributed by atoms with E-state index in [4.69, 9.17) is 9.05 Å². The van der Waals surface area contributed by atoms with Gasteiger partial charge in [-0.2, -0.15) is 0 Å². The van der Waals surface area contributed by atoms with Gasteiger partial charge in [0.25, 0.3) is 7.82 Å². The predicted octanol–water partition coefficient (Wildman–Crippen LogP) is 21.1. The third kappa shape index (κ3) is 64.8. The van der Waals surface area contributed by atoms with Crippen molar-refractivity contribution in [1.29, 1.82) is 0 Å². The number of aliphatic hydroxyl groups excluding tert-OH is 1. The van der Waals surface area contributed by atoms with Crippen molar-refractivity contribution < 1.29 is 32.9 Å². The van der Waals surface area contributed by atoms with E-state index in [-0.39, 0.29) is 19.1 Å². The highest BCUT2D eigenvalue weighted by atomic mass is 31.2. The average Bonchev–Trinajstić information content (AvgIpc) is 3.43. The number of phosphoric acid groups is 1. The van der Waals surface area contributed by atoms with Gasteiger partial charge in [-0.3, -0.25) is 9.36 Å². The Labute approximate surface area is 502 Å². The standard InChI is InChI=1S/C72H131N2O6P/c1-6-8-10-12-14-16-18-20-22-24-26-28-30-32-34-36-38-39-41-43-45-47-49-51-53-55-57-59-61-63-65-71(75)70(69-80-81(77,78)79-68-67-74(3,4)5)73-72(76)66-64-62-60-58-56-54-52-50-48-46-44-42-40-37-35-33-31-29-27-25-23-21-19-17-15-13-11-9-7-2/h9,11,15,17,21,23,27,29,33,35,40,42,46,48,63,65,70-71,75H,6-8,10,12-14,16,18-20,22,24-26,28,30-32,34,36-39,41,43-45,47,49-62,64,66-69H2,1-5H3,(H-,73,76,77,78)/b11-9-,17-15-,23-21-,29-27-,35-33-,42-40-,48-46-,65-63+. The predicted molar refractivity (Wildman–Crippen MR) is 353 cm³/mol. The SMILES string of the molecule is CC/C=C\C/C=C\C/C=C\C/C=C\C/C=C\C/C=C\C/C=C\CCCCCCCCCC(=O)NC(COP(=O)([O-])OCC[N+](C)(C)C)C(O)/C=C/CCCCCCCCCCCCCCCCCCCCCCCCCCCCCC. The Morgan fingerprint density at radius 3 is 1.10 bits per heavy atom. The van der Waals surface area contributed by atoms with Crippen LogP contribution in [-0.2, 0) is 18.4 Å². The van der Waals surface area contributed by atoms with Crippen LogP contribution in [0.15, 0.2) is 97.2 Å². The number of nitrogens with zero attached hydrogens (tertiary/aromatic N) is 1. The molecule has 1 amide bonds. The van der Waals surface area contributed by atoms with Gasteiger partial charge in [-0.05, 0) is 77.0 Å². The Balaban J connectivity index is 4.16. The second kappa shape index (κ2) is 62.0. The van der Waals surface area contributed by atoms with Gasteiger partial charge < -0.3 is 28.8 Å². The first-order chi connectivity index (χ1) is 39.5. The van der Waals surface area contributed by atoms with E-state index in [0.29, 0.717) is 17.4 Å². The van der Waals surface area contributed by atoms with Gasteiger partial charge >= 0.3 is 0 Å². The van der Waals surface area contributed by atoms with E-state index in [1.165, 1.54) is 186 Å². The van der Waals surface area contributed by atoms with Crippen molar-refractivity contribution in [3.8, 4) is 0 Å². The Morgan fingerprint density at radius 1 is 0.444 bits per heavy atom. The summed E-state index contributed by atoms with van der Waals surface area (Å²) in [7, 11) is 1.25. The van der Waals surface area contributed by atoms with E-state index < -0.39 is 20.0 Å². The molecule has 2 N–H and O–H groups in total. The number of amides is 1. The van der Waals surface area contributed by atoms with Crippen molar-refractivity contribution in [3.63, 3.8) is 0 Å². The number of carbonyl (C=O) groups is 1. The molecule has 0 bridgehead atoms. The van der Waals surface area contributed by atoms with Crippen molar-refractivity contribution in [1.82, 2.24) is 5.32 Å². The number of unbranched alkanes of at least 4 members (excludes halogenated alkanes) is 35. The smallest absolute Gasteiger partial charge is 0.268 e. The third-order valence-corrected chi connectivity index (χ3v) is 16.0. The molecule has 8 nitrogen and oxygen atoms in total. The first kappa shape index (κ1) is 78.4. The van der Waals surface area contributed by atoms with Gasteiger partial charge in [-0.25, -0.2) is 0 Å². The molecule has 3 atom stereocenters. The summed E-state index contributed by atoms with van der Waals surface area (Å²) < 4.78 is 23.4. The van der Waals surface area contributed by atoms with Crippen LogP contribution >= 0.6 is 7.82 Å². The minimum Gasteiger partial charge on any atom is -0.756 e. The van der Waals surface area contributed by atoms with E-state index in [2.05, 4.69) is 104 Å². The zero-order valence-electron chi connectivity index (χ0n) is 53.7. The quantitative estimate of drug-likeness (QED) is 0.0272. The lowest BCUT2D eigenvalue weighted by Crippen LogP contribution is -2.45. The molecule has 0 spiro atoms. The van der Waals surface area contributed by atoms with E-state index in [0.717, 1.165) is 96.3 Å². The van der Waals surface area contributed by atoms with Crippen LogP contribution in [0.5, 0.6) is 0 Å². The van der Waals surface area contributed by atoms with E-state index >= 15 is 0 Å². The van der Waals surface area contributed by atoms with Gasteiger partial charge in [0.05, 0.1) is 39.9 Å². The van der Waals surface area contributed by atoms with E-state index in [1.807, 2.05) is 27.2 Å². The van der Waals surface area contributed by atoms with Crippen LogP contribution in [0.3, 0.4) is 0 Å². The summed E-state index contributed by atoms with van der Waals surface area (Å²) in [5, 5.41) is 14.0. The van der Waals surface area contributed by atoms with Crippen LogP contribution < -0.4 is 10.2 Å². The third-order valence-electron chi connectivity index (χ3n) is 15.0. The molecule has 0 aliphatic rings. The Kier molecular flexibility index (Phi) is 60.0. The molecule has 0 fully saturated rings. The topological polar surface area (TPSA) is 108 Å². The average molecular weight is 1150 g/mol. The number of carbonyl (C=O) groups excluding carboxylic acids is 1. The zero-order chi connectivity index (χ0) is 59.1. The van der Waals surface area contributed by atoms with Gasteiger partial charge in [0, 0.05) is 6.42 Å². The minimum atomic E-state index is -4.61. The number of hydrogen-bond acceptors (Lipinski definition) is 6.